The van der Waals surface area contributed by atoms with Crippen molar-refractivity contribution in [1.29, 1.82) is 0 Å². The maximum atomic E-state index is 6.08. The van der Waals surface area contributed by atoms with Crippen LogP contribution in [-0.4, -0.2) is 13.1 Å². The van der Waals surface area contributed by atoms with E-state index in [-0.39, 0.29) is 0 Å². The number of hydrogen-bond acceptors (Lipinski definition) is 2. The summed E-state index contributed by atoms with van der Waals surface area (Å²) in [5.41, 5.74) is 0.511. The second-order valence-corrected chi connectivity index (χ2v) is 8.87. The monoisotopic (exact) mass is 297 g/mol. The highest BCUT2D eigenvalue weighted by atomic mass is 35.5. The zero-order valence-electron chi connectivity index (χ0n) is 11.9. The maximum Gasteiger partial charge on any atom is 0.0931 e. The summed E-state index contributed by atoms with van der Waals surface area (Å²) in [7, 11) is 0. The van der Waals surface area contributed by atoms with Crippen molar-refractivity contribution in [3.8, 4) is 0 Å². The summed E-state index contributed by atoms with van der Waals surface area (Å²) in [6.07, 6.45) is 5.58. The molecule has 19 heavy (non-hydrogen) atoms. The van der Waals surface area contributed by atoms with Crippen LogP contribution >= 0.6 is 22.9 Å². The lowest BCUT2D eigenvalue weighted by molar-refractivity contribution is 0.246. The van der Waals surface area contributed by atoms with Crippen molar-refractivity contribution in [1.82, 2.24) is 5.32 Å². The topological polar surface area (TPSA) is 12.0 Å². The van der Waals surface area contributed by atoms with Crippen molar-refractivity contribution in [2.45, 2.75) is 39.5 Å². The third-order valence-corrected chi connectivity index (χ3v) is 5.92. The largest absolute Gasteiger partial charge is 0.316 e. The fourth-order valence-corrected chi connectivity index (χ4v) is 5.06. The van der Waals surface area contributed by atoms with Crippen LogP contribution in [0.2, 0.25) is 4.34 Å². The molecule has 2 atom stereocenters. The first-order chi connectivity index (χ1) is 9.06. The average molecular weight is 298 g/mol. The Balaban J connectivity index is 1.63. The Labute approximate surface area is 125 Å². The van der Waals surface area contributed by atoms with Crippen LogP contribution in [0.5, 0.6) is 0 Å². The van der Waals surface area contributed by atoms with Gasteiger partial charge in [0.25, 0.3) is 0 Å². The van der Waals surface area contributed by atoms with Gasteiger partial charge in [-0.25, -0.2) is 0 Å². The van der Waals surface area contributed by atoms with Crippen LogP contribution in [0.3, 0.4) is 0 Å². The molecule has 106 valence electrons. The van der Waals surface area contributed by atoms with Gasteiger partial charge in [0.2, 0.25) is 0 Å². The Morgan fingerprint density at radius 2 is 2.11 bits per heavy atom. The van der Waals surface area contributed by atoms with Crippen LogP contribution in [0.1, 0.15) is 38.0 Å². The minimum atomic E-state index is 0.511. The van der Waals surface area contributed by atoms with E-state index in [9.17, 15) is 0 Å². The summed E-state index contributed by atoms with van der Waals surface area (Å²) in [6.45, 7) is 6.89. The minimum absolute atomic E-state index is 0.511. The van der Waals surface area contributed by atoms with E-state index in [0.29, 0.717) is 5.41 Å². The first-order valence-electron chi connectivity index (χ1n) is 7.51. The lowest BCUT2D eigenvalue weighted by Crippen LogP contribution is -2.36. The van der Waals surface area contributed by atoms with Crippen LogP contribution < -0.4 is 5.32 Å². The van der Waals surface area contributed by atoms with Crippen molar-refractivity contribution in [3.05, 3.63) is 21.3 Å². The lowest BCUT2D eigenvalue weighted by atomic mass is 9.79. The Hall–Kier alpha value is -0.0500. The van der Waals surface area contributed by atoms with Crippen LogP contribution in [-0.2, 0) is 6.42 Å². The van der Waals surface area contributed by atoms with Gasteiger partial charge >= 0.3 is 0 Å². The van der Waals surface area contributed by atoms with E-state index in [2.05, 4.69) is 25.2 Å². The van der Waals surface area contributed by atoms with E-state index in [1.54, 1.807) is 11.3 Å². The highest BCUT2D eigenvalue weighted by molar-refractivity contribution is 7.16. The summed E-state index contributed by atoms with van der Waals surface area (Å²) >= 11 is 7.84. The molecule has 2 unspecified atom stereocenters. The van der Waals surface area contributed by atoms with Gasteiger partial charge < -0.3 is 5.32 Å². The summed E-state index contributed by atoms with van der Waals surface area (Å²) in [5.74, 6) is 2.82. The number of thiophene rings is 1. The molecule has 1 aromatic rings. The molecule has 1 aromatic heterocycles. The zero-order chi connectivity index (χ0) is 13.5. The van der Waals surface area contributed by atoms with E-state index >= 15 is 0 Å². The van der Waals surface area contributed by atoms with Gasteiger partial charge in [0.15, 0.2) is 0 Å². The van der Waals surface area contributed by atoms with E-state index in [1.807, 2.05) is 6.07 Å². The maximum absolute atomic E-state index is 6.08. The number of rotatable bonds is 6. The number of fused-ring (bicyclic) bond motifs is 1. The van der Waals surface area contributed by atoms with Crippen LogP contribution in [0.25, 0.3) is 0 Å². The number of hydrogen-bond donors (Lipinski definition) is 1. The third-order valence-electron chi connectivity index (χ3n) is 4.69. The summed E-state index contributed by atoms with van der Waals surface area (Å²) in [5, 5.41) is 3.71. The first-order valence-corrected chi connectivity index (χ1v) is 8.71. The van der Waals surface area contributed by atoms with Gasteiger partial charge in [-0.3, -0.25) is 0 Å². The highest BCUT2D eigenvalue weighted by Crippen LogP contribution is 2.60. The Morgan fingerprint density at radius 1 is 1.37 bits per heavy atom. The smallest absolute Gasteiger partial charge is 0.0931 e. The quantitative estimate of drug-likeness (QED) is 0.809. The second kappa shape index (κ2) is 5.38. The molecule has 3 heteroatoms. The van der Waals surface area contributed by atoms with E-state index in [1.165, 1.54) is 37.1 Å². The predicted molar refractivity (Wildman–Crippen MR) is 84.0 cm³/mol. The molecule has 0 aliphatic heterocycles. The molecule has 0 bridgehead atoms. The van der Waals surface area contributed by atoms with Crippen molar-refractivity contribution in [2.24, 2.45) is 23.2 Å². The molecule has 2 saturated carbocycles. The van der Waals surface area contributed by atoms with Crippen LogP contribution in [0.15, 0.2) is 12.1 Å². The fraction of sp³-hybridized carbons (Fsp3) is 0.750. The molecule has 0 aromatic carbocycles. The molecule has 2 aliphatic carbocycles. The van der Waals surface area contributed by atoms with Crippen LogP contribution in [0.4, 0.5) is 0 Å². The summed E-state index contributed by atoms with van der Waals surface area (Å²) in [6, 6.07) is 4.27. The van der Waals surface area contributed by atoms with Crippen molar-refractivity contribution >= 4 is 22.9 Å². The molecule has 2 fully saturated rings. The highest BCUT2D eigenvalue weighted by Gasteiger charge is 2.53. The standard InChI is InChI=1S/C16H24ClNS/c1-11(2)9-18-10-16(6-12-5-13(12)7-16)8-14-3-4-15(17)19-14/h3-4,11-13,18H,5-10H2,1-2H3. The Morgan fingerprint density at radius 3 is 2.68 bits per heavy atom. The first kappa shape index (κ1) is 13.9. The van der Waals surface area contributed by atoms with E-state index in [0.717, 1.165) is 28.6 Å². The molecule has 1 heterocycles. The molecule has 0 radical (unpaired) electrons. The molecule has 0 spiro atoms. The van der Waals surface area contributed by atoms with Crippen molar-refractivity contribution in [3.63, 3.8) is 0 Å². The second-order valence-electron chi connectivity index (χ2n) is 7.07. The Kier molecular flexibility index (Phi) is 3.94. The molecular weight excluding hydrogens is 274 g/mol. The normalized spacial score (nSPS) is 32.8. The van der Waals surface area contributed by atoms with Gasteiger partial charge in [-0.15, -0.1) is 11.3 Å². The summed E-state index contributed by atoms with van der Waals surface area (Å²) in [4.78, 5) is 1.47. The number of halogens is 1. The van der Waals surface area contributed by atoms with Gasteiger partial charge in [-0.1, -0.05) is 25.4 Å². The molecule has 1 nitrogen and oxygen atoms in total. The number of nitrogens with one attached hydrogen (secondary N) is 1. The third kappa shape index (κ3) is 3.34. The fourth-order valence-electron chi connectivity index (χ4n) is 3.80. The molecule has 0 saturated heterocycles. The Bertz CT molecular complexity index is 430. The molecular formula is C16H24ClNS. The zero-order valence-corrected chi connectivity index (χ0v) is 13.5. The predicted octanol–water partition coefficient (Wildman–Crippen LogP) is 4.61. The van der Waals surface area contributed by atoms with Gasteiger partial charge in [0.1, 0.15) is 0 Å². The molecule has 0 amide bonds. The van der Waals surface area contributed by atoms with Gasteiger partial charge in [0, 0.05) is 11.4 Å². The van der Waals surface area contributed by atoms with Crippen molar-refractivity contribution < 1.29 is 0 Å². The average Bonchev–Trinajstić information content (AvgIpc) is 2.75. The minimum Gasteiger partial charge on any atom is -0.316 e. The van der Waals surface area contributed by atoms with Crippen molar-refractivity contribution in [2.75, 3.05) is 13.1 Å². The van der Waals surface area contributed by atoms with E-state index in [4.69, 9.17) is 11.6 Å². The summed E-state index contributed by atoms with van der Waals surface area (Å²) < 4.78 is 0.934. The lowest BCUT2D eigenvalue weighted by Gasteiger charge is -2.31. The molecule has 3 rings (SSSR count). The van der Waals surface area contributed by atoms with Gasteiger partial charge in [0.05, 0.1) is 4.34 Å². The van der Waals surface area contributed by atoms with Gasteiger partial charge in [-0.05, 0) is 67.5 Å². The SMILES string of the molecule is CC(C)CNCC1(Cc2ccc(Cl)s2)CC2CC2C1. The van der Waals surface area contributed by atoms with E-state index < -0.39 is 0 Å². The van der Waals surface area contributed by atoms with Crippen LogP contribution in [0, 0.1) is 23.2 Å². The van der Waals surface area contributed by atoms with Gasteiger partial charge in [-0.2, -0.15) is 0 Å². The molecule has 2 aliphatic rings. The molecule has 1 N–H and O–H groups in total.